The second kappa shape index (κ2) is 9.32. The lowest BCUT2D eigenvalue weighted by Gasteiger charge is -2.16. The van der Waals surface area contributed by atoms with Crippen molar-refractivity contribution in [1.29, 1.82) is 0 Å². The van der Waals surface area contributed by atoms with Crippen LogP contribution in [0.4, 0.5) is 5.69 Å². The molecule has 1 aliphatic rings. The largest absolute Gasteiger partial charge is 0.494 e. The Hall–Kier alpha value is -2.93. The van der Waals surface area contributed by atoms with Crippen LogP contribution in [0.1, 0.15) is 40.5 Å². The molecule has 0 aromatic heterocycles. The zero-order valence-corrected chi connectivity index (χ0v) is 16.6. The summed E-state index contributed by atoms with van der Waals surface area (Å²) in [6, 6.07) is 14.0. The minimum atomic E-state index is -0.315. The Morgan fingerprint density at radius 3 is 2.46 bits per heavy atom. The van der Waals surface area contributed by atoms with Gasteiger partial charge in [-0.3, -0.25) is 14.9 Å². The van der Waals surface area contributed by atoms with Crippen LogP contribution < -0.4 is 15.4 Å². The highest BCUT2D eigenvalue weighted by atomic mass is 32.1. The summed E-state index contributed by atoms with van der Waals surface area (Å²) in [6.07, 6.45) is 2.09. The van der Waals surface area contributed by atoms with Crippen LogP contribution in [0.25, 0.3) is 0 Å². The van der Waals surface area contributed by atoms with E-state index < -0.39 is 0 Å². The first kappa shape index (κ1) is 19.8. The number of nitrogens with one attached hydrogen (secondary N) is 2. The van der Waals surface area contributed by atoms with Crippen LogP contribution >= 0.6 is 12.2 Å². The van der Waals surface area contributed by atoms with Crippen molar-refractivity contribution in [2.24, 2.45) is 0 Å². The summed E-state index contributed by atoms with van der Waals surface area (Å²) in [6.45, 7) is 4.07. The first-order chi connectivity index (χ1) is 13.6. The van der Waals surface area contributed by atoms with E-state index in [0.29, 0.717) is 29.2 Å². The van der Waals surface area contributed by atoms with Crippen molar-refractivity contribution in [1.82, 2.24) is 10.2 Å². The monoisotopic (exact) mass is 397 g/mol. The van der Waals surface area contributed by atoms with Gasteiger partial charge < -0.3 is 15.0 Å². The molecule has 0 unspecified atom stereocenters. The zero-order chi connectivity index (χ0) is 19.9. The van der Waals surface area contributed by atoms with Gasteiger partial charge in [-0.15, -0.1) is 0 Å². The van der Waals surface area contributed by atoms with Gasteiger partial charge in [0.05, 0.1) is 6.61 Å². The van der Waals surface area contributed by atoms with E-state index in [1.807, 2.05) is 11.8 Å². The summed E-state index contributed by atoms with van der Waals surface area (Å²) < 4.78 is 5.37. The van der Waals surface area contributed by atoms with Crippen LogP contribution in [-0.4, -0.2) is 41.5 Å². The third-order valence-electron chi connectivity index (χ3n) is 4.42. The van der Waals surface area contributed by atoms with E-state index in [4.69, 9.17) is 17.0 Å². The lowest BCUT2D eigenvalue weighted by Crippen LogP contribution is -2.34. The molecular weight excluding hydrogens is 374 g/mol. The minimum absolute atomic E-state index is 0.0190. The molecule has 2 N–H and O–H groups in total. The van der Waals surface area contributed by atoms with Crippen molar-refractivity contribution in [2.45, 2.75) is 19.8 Å². The Bertz CT molecular complexity index is 861. The maximum atomic E-state index is 12.5. The first-order valence-electron chi connectivity index (χ1n) is 9.31. The van der Waals surface area contributed by atoms with Crippen molar-refractivity contribution in [3.05, 3.63) is 59.7 Å². The lowest BCUT2D eigenvalue weighted by atomic mass is 10.2. The van der Waals surface area contributed by atoms with E-state index in [0.717, 1.165) is 25.9 Å². The molecule has 146 valence electrons. The molecule has 0 spiro atoms. The number of nitrogens with zero attached hydrogens (tertiary/aromatic N) is 1. The molecule has 1 saturated heterocycles. The molecule has 28 heavy (non-hydrogen) atoms. The fraction of sp³-hybridized carbons (Fsp3) is 0.286. The molecule has 2 amide bonds. The number of ether oxygens (including phenoxy) is 1. The number of rotatable bonds is 5. The molecule has 1 aliphatic heterocycles. The molecule has 0 aliphatic carbocycles. The summed E-state index contributed by atoms with van der Waals surface area (Å²) >= 11 is 5.23. The summed E-state index contributed by atoms with van der Waals surface area (Å²) in [5.41, 5.74) is 1.74. The number of carbonyl (C=O) groups excluding carboxylic acids is 2. The van der Waals surface area contributed by atoms with Gasteiger partial charge in [0.15, 0.2) is 5.11 Å². The average Bonchev–Trinajstić information content (AvgIpc) is 3.23. The van der Waals surface area contributed by atoms with Crippen molar-refractivity contribution in [3.63, 3.8) is 0 Å². The number of carbonyl (C=O) groups is 2. The second-order valence-electron chi connectivity index (χ2n) is 6.45. The van der Waals surface area contributed by atoms with Crippen molar-refractivity contribution < 1.29 is 14.3 Å². The second-order valence-corrected chi connectivity index (χ2v) is 6.85. The number of hydrogen-bond acceptors (Lipinski definition) is 4. The van der Waals surface area contributed by atoms with Crippen molar-refractivity contribution >= 4 is 34.8 Å². The Labute approximate surface area is 169 Å². The highest BCUT2D eigenvalue weighted by molar-refractivity contribution is 7.80. The van der Waals surface area contributed by atoms with Gasteiger partial charge >= 0.3 is 0 Å². The highest BCUT2D eigenvalue weighted by Gasteiger charge is 2.19. The Morgan fingerprint density at radius 2 is 1.79 bits per heavy atom. The third-order valence-corrected chi connectivity index (χ3v) is 4.62. The smallest absolute Gasteiger partial charge is 0.257 e. The molecule has 2 aromatic carbocycles. The van der Waals surface area contributed by atoms with Gasteiger partial charge in [-0.2, -0.15) is 0 Å². The number of anilines is 1. The van der Waals surface area contributed by atoms with E-state index in [9.17, 15) is 9.59 Å². The van der Waals surface area contributed by atoms with Crippen LogP contribution in [0.15, 0.2) is 48.5 Å². The molecule has 6 nitrogen and oxygen atoms in total. The van der Waals surface area contributed by atoms with Gasteiger partial charge in [0, 0.05) is 29.9 Å². The van der Waals surface area contributed by atoms with Crippen molar-refractivity contribution in [2.75, 3.05) is 25.0 Å². The lowest BCUT2D eigenvalue weighted by molar-refractivity contribution is 0.0792. The molecule has 1 heterocycles. The molecule has 0 saturated carbocycles. The fourth-order valence-corrected chi connectivity index (χ4v) is 3.25. The van der Waals surface area contributed by atoms with Gasteiger partial charge in [0.1, 0.15) is 5.75 Å². The van der Waals surface area contributed by atoms with Gasteiger partial charge in [0.25, 0.3) is 11.8 Å². The summed E-state index contributed by atoms with van der Waals surface area (Å²) in [5, 5.41) is 5.78. The predicted molar refractivity (Wildman–Crippen MR) is 113 cm³/mol. The summed E-state index contributed by atoms with van der Waals surface area (Å²) in [4.78, 5) is 26.7. The quantitative estimate of drug-likeness (QED) is 0.757. The maximum Gasteiger partial charge on any atom is 0.257 e. The van der Waals surface area contributed by atoms with Crippen LogP contribution in [0.5, 0.6) is 5.75 Å². The molecule has 2 aromatic rings. The summed E-state index contributed by atoms with van der Waals surface area (Å²) in [7, 11) is 0. The molecule has 0 radical (unpaired) electrons. The van der Waals surface area contributed by atoms with E-state index in [2.05, 4.69) is 10.6 Å². The fourth-order valence-electron chi connectivity index (χ4n) is 3.04. The van der Waals surface area contributed by atoms with Crippen LogP contribution in [0.2, 0.25) is 0 Å². The number of likely N-dealkylation sites (tertiary alicyclic amines) is 1. The van der Waals surface area contributed by atoms with Gasteiger partial charge in [-0.25, -0.2) is 0 Å². The maximum absolute atomic E-state index is 12.5. The first-order valence-corrected chi connectivity index (χ1v) is 9.72. The normalized spacial score (nSPS) is 13.1. The third kappa shape index (κ3) is 5.07. The predicted octanol–water partition coefficient (Wildman–Crippen LogP) is 3.45. The van der Waals surface area contributed by atoms with E-state index in [1.54, 1.807) is 48.5 Å². The van der Waals surface area contributed by atoms with Crippen LogP contribution in [0.3, 0.4) is 0 Å². The van der Waals surface area contributed by atoms with Gasteiger partial charge in [-0.1, -0.05) is 6.07 Å². The van der Waals surface area contributed by atoms with Crippen LogP contribution in [-0.2, 0) is 0 Å². The molecule has 0 bridgehead atoms. The number of benzene rings is 2. The van der Waals surface area contributed by atoms with Gasteiger partial charge in [-0.05, 0) is 74.4 Å². The van der Waals surface area contributed by atoms with E-state index in [1.165, 1.54) is 0 Å². The SMILES string of the molecule is CCOc1ccc(C(=O)NC(=S)Nc2cccc(C(=O)N3CCCC3)c2)cc1. The van der Waals surface area contributed by atoms with Crippen molar-refractivity contribution in [3.8, 4) is 5.75 Å². The molecular formula is C21H23N3O3S. The Balaban J connectivity index is 1.59. The zero-order valence-electron chi connectivity index (χ0n) is 15.7. The number of amides is 2. The molecule has 0 atom stereocenters. The van der Waals surface area contributed by atoms with E-state index >= 15 is 0 Å². The standard InChI is InChI=1S/C21H23N3O3S/c1-2-27-18-10-8-15(9-11-18)19(25)23-21(28)22-17-7-5-6-16(14-17)20(26)24-12-3-4-13-24/h5-11,14H,2-4,12-13H2,1H3,(H2,22,23,25,28). The Kier molecular flexibility index (Phi) is 6.60. The number of thiocarbonyl (C=S) groups is 1. The molecule has 3 rings (SSSR count). The highest BCUT2D eigenvalue weighted by Crippen LogP contribution is 2.16. The van der Waals surface area contributed by atoms with Crippen LogP contribution in [0, 0.1) is 0 Å². The minimum Gasteiger partial charge on any atom is -0.494 e. The van der Waals surface area contributed by atoms with E-state index in [-0.39, 0.29) is 16.9 Å². The topological polar surface area (TPSA) is 70.7 Å². The molecule has 7 heteroatoms. The molecule has 1 fully saturated rings. The average molecular weight is 398 g/mol. The summed E-state index contributed by atoms with van der Waals surface area (Å²) in [5.74, 6) is 0.412. The van der Waals surface area contributed by atoms with Gasteiger partial charge in [0.2, 0.25) is 0 Å². The number of hydrogen-bond donors (Lipinski definition) is 2. The Morgan fingerprint density at radius 1 is 1.07 bits per heavy atom.